The molecule has 3 saturated carbocycles. The Morgan fingerprint density at radius 2 is 1.92 bits per heavy atom. The highest BCUT2D eigenvalue weighted by molar-refractivity contribution is 5.91. The molecule has 0 radical (unpaired) electrons. The van der Waals surface area contributed by atoms with Crippen LogP contribution >= 0.6 is 0 Å². The van der Waals surface area contributed by atoms with Crippen LogP contribution in [0, 0.1) is 34.5 Å². The molecule has 24 heavy (non-hydrogen) atoms. The summed E-state index contributed by atoms with van der Waals surface area (Å²) < 4.78 is 0. The Bertz CT molecular complexity index is 621. The zero-order valence-electron chi connectivity index (χ0n) is 15.2. The fourth-order valence-electron chi connectivity index (χ4n) is 7.27. The Balaban J connectivity index is 1.71. The molecule has 3 nitrogen and oxygen atoms in total. The first kappa shape index (κ1) is 16.5. The monoisotopic (exact) mass is 330 g/mol. The van der Waals surface area contributed by atoms with Gasteiger partial charge in [0.25, 0.3) is 0 Å². The minimum Gasteiger partial charge on any atom is -0.389 e. The van der Waals surface area contributed by atoms with Crippen LogP contribution in [0.25, 0.3) is 0 Å². The van der Waals surface area contributed by atoms with Crippen molar-refractivity contribution in [1.82, 2.24) is 0 Å². The Kier molecular flexibility index (Phi) is 3.62. The van der Waals surface area contributed by atoms with Crippen molar-refractivity contribution < 1.29 is 14.7 Å². The van der Waals surface area contributed by atoms with Crippen LogP contribution in [0.15, 0.2) is 11.6 Å². The molecule has 1 N–H and O–H groups in total. The molecule has 5 unspecified atom stereocenters. The van der Waals surface area contributed by atoms with Crippen molar-refractivity contribution in [3.8, 4) is 0 Å². The highest BCUT2D eigenvalue weighted by Crippen LogP contribution is 2.66. The van der Waals surface area contributed by atoms with Gasteiger partial charge in [0.1, 0.15) is 5.78 Å². The normalized spacial score (nSPS) is 50.6. The van der Waals surface area contributed by atoms with Gasteiger partial charge >= 0.3 is 0 Å². The van der Waals surface area contributed by atoms with E-state index in [4.69, 9.17) is 0 Å². The number of ketones is 2. The van der Waals surface area contributed by atoms with Crippen LogP contribution in [0.1, 0.15) is 65.7 Å². The summed E-state index contributed by atoms with van der Waals surface area (Å²) in [5, 5.41) is 10.8. The number of carbonyl (C=O) groups excluding carboxylic acids is 2. The number of aliphatic hydroxyl groups is 1. The highest BCUT2D eigenvalue weighted by atomic mass is 16.3. The number of hydrogen-bond acceptors (Lipinski definition) is 3. The third-order valence-corrected chi connectivity index (χ3v) is 8.47. The standard InChI is InChI=1S/C21H30O3/c1-12(22)15-4-5-16-14-11-19(24)18-10-13(23)6-8-21(18,3)17(14)7-9-20(15,16)2/h10,14-17,19,24H,4-9,11H2,1-3H3/t14?,15?,16?,17?,19?,20-,21-/m1/s1. The first-order chi connectivity index (χ1) is 11.3. The topological polar surface area (TPSA) is 54.4 Å². The molecule has 4 aliphatic carbocycles. The Hall–Kier alpha value is -0.960. The van der Waals surface area contributed by atoms with Gasteiger partial charge in [0.05, 0.1) is 6.10 Å². The van der Waals surface area contributed by atoms with Gasteiger partial charge in [-0.3, -0.25) is 9.59 Å². The average molecular weight is 330 g/mol. The molecule has 0 aromatic heterocycles. The third kappa shape index (κ3) is 2.06. The summed E-state index contributed by atoms with van der Waals surface area (Å²) in [5.74, 6) is 2.35. The van der Waals surface area contributed by atoms with Gasteiger partial charge in [0.15, 0.2) is 5.78 Å². The van der Waals surface area contributed by atoms with Crippen LogP contribution in [0.2, 0.25) is 0 Å². The minimum atomic E-state index is -0.473. The van der Waals surface area contributed by atoms with Crippen molar-refractivity contribution in [1.29, 1.82) is 0 Å². The number of Topliss-reactive ketones (excluding diaryl/α,β-unsaturated/α-hetero) is 1. The molecule has 0 aromatic rings. The second-order valence-corrected chi connectivity index (χ2v) is 9.40. The molecule has 0 aliphatic heterocycles. The van der Waals surface area contributed by atoms with Crippen LogP contribution in [0.5, 0.6) is 0 Å². The zero-order chi connectivity index (χ0) is 17.3. The van der Waals surface area contributed by atoms with Crippen molar-refractivity contribution >= 4 is 11.6 Å². The molecule has 0 aromatic carbocycles. The summed E-state index contributed by atoms with van der Waals surface area (Å²) in [5.41, 5.74) is 1.10. The smallest absolute Gasteiger partial charge is 0.155 e. The summed E-state index contributed by atoms with van der Waals surface area (Å²) in [6.07, 6.45) is 7.97. The maximum absolute atomic E-state index is 12.2. The first-order valence-electron chi connectivity index (χ1n) is 9.71. The summed E-state index contributed by atoms with van der Waals surface area (Å²) in [4.78, 5) is 24.1. The van der Waals surface area contributed by atoms with Crippen LogP contribution in [-0.4, -0.2) is 22.8 Å². The number of hydrogen-bond donors (Lipinski definition) is 1. The lowest BCUT2D eigenvalue weighted by Crippen LogP contribution is -2.54. The van der Waals surface area contributed by atoms with Crippen LogP contribution in [0.4, 0.5) is 0 Å². The molecule has 3 fully saturated rings. The van der Waals surface area contributed by atoms with Crippen molar-refractivity contribution in [3.05, 3.63) is 11.6 Å². The van der Waals surface area contributed by atoms with E-state index in [1.165, 1.54) is 0 Å². The molecule has 0 bridgehead atoms. The number of carbonyl (C=O) groups is 2. The molecule has 3 heteroatoms. The Morgan fingerprint density at radius 3 is 2.62 bits per heavy atom. The summed E-state index contributed by atoms with van der Waals surface area (Å²) in [6, 6.07) is 0. The highest BCUT2D eigenvalue weighted by Gasteiger charge is 2.61. The van der Waals surface area contributed by atoms with E-state index < -0.39 is 6.10 Å². The van der Waals surface area contributed by atoms with Crippen molar-refractivity contribution in [2.45, 2.75) is 71.8 Å². The predicted octanol–water partition coefficient (Wildman–Crippen LogP) is 3.69. The van der Waals surface area contributed by atoms with Gasteiger partial charge in [-0.25, -0.2) is 0 Å². The van der Waals surface area contributed by atoms with Crippen LogP contribution < -0.4 is 0 Å². The molecular weight excluding hydrogens is 300 g/mol. The average Bonchev–Trinajstić information content (AvgIpc) is 2.87. The number of rotatable bonds is 1. The molecular formula is C21H30O3. The van der Waals surface area contributed by atoms with Gasteiger partial charge in [0.2, 0.25) is 0 Å². The van der Waals surface area contributed by atoms with Crippen LogP contribution in [0.3, 0.4) is 0 Å². The van der Waals surface area contributed by atoms with Gasteiger partial charge in [-0.05, 0) is 85.7 Å². The van der Waals surface area contributed by atoms with E-state index in [0.29, 0.717) is 30.0 Å². The van der Waals surface area contributed by atoms with Crippen molar-refractivity contribution in [2.75, 3.05) is 0 Å². The van der Waals surface area contributed by atoms with E-state index in [9.17, 15) is 14.7 Å². The van der Waals surface area contributed by atoms with Gasteiger partial charge in [-0.15, -0.1) is 0 Å². The second kappa shape index (κ2) is 5.27. The molecule has 0 saturated heterocycles. The fraction of sp³-hybridized carbons (Fsp3) is 0.810. The Morgan fingerprint density at radius 1 is 1.17 bits per heavy atom. The molecule has 4 rings (SSSR count). The quantitative estimate of drug-likeness (QED) is 0.797. The summed E-state index contributed by atoms with van der Waals surface area (Å²) >= 11 is 0. The maximum atomic E-state index is 12.2. The lowest BCUT2D eigenvalue weighted by atomic mass is 9.46. The second-order valence-electron chi connectivity index (χ2n) is 9.40. The largest absolute Gasteiger partial charge is 0.389 e. The van der Waals surface area contributed by atoms with E-state index in [-0.39, 0.29) is 22.5 Å². The third-order valence-electron chi connectivity index (χ3n) is 8.47. The molecule has 0 amide bonds. The maximum Gasteiger partial charge on any atom is 0.155 e. The van der Waals surface area contributed by atoms with E-state index in [1.54, 1.807) is 13.0 Å². The Labute approximate surface area is 144 Å². The summed E-state index contributed by atoms with van der Waals surface area (Å²) in [6.45, 7) is 6.37. The molecule has 0 spiro atoms. The molecule has 4 aliphatic rings. The minimum absolute atomic E-state index is 0.0219. The van der Waals surface area contributed by atoms with Crippen molar-refractivity contribution in [3.63, 3.8) is 0 Å². The molecule has 0 heterocycles. The number of aliphatic hydroxyl groups excluding tert-OH is 1. The van der Waals surface area contributed by atoms with E-state index in [1.807, 2.05) is 0 Å². The van der Waals surface area contributed by atoms with Gasteiger partial charge in [-0.1, -0.05) is 13.8 Å². The number of fused-ring (bicyclic) bond motifs is 5. The SMILES string of the molecule is CC(=O)C1CCC2C3CC(O)C4=CC(=O)CC[C@]4(C)C3CC[C@]12C. The zero-order valence-corrected chi connectivity index (χ0v) is 15.2. The molecule has 7 atom stereocenters. The predicted molar refractivity (Wildman–Crippen MR) is 92.3 cm³/mol. The summed E-state index contributed by atoms with van der Waals surface area (Å²) in [7, 11) is 0. The fourth-order valence-corrected chi connectivity index (χ4v) is 7.27. The molecule has 132 valence electrons. The van der Waals surface area contributed by atoms with E-state index in [0.717, 1.165) is 44.1 Å². The van der Waals surface area contributed by atoms with Crippen molar-refractivity contribution in [2.24, 2.45) is 34.5 Å². The lowest BCUT2D eigenvalue weighted by Gasteiger charge is -2.59. The van der Waals surface area contributed by atoms with Gasteiger partial charge < -0.3 is 5.11 Å². The lowest BCUT2D eigenvalue weighted by molar-refractivity contribution is -0.130. The van der Waals surface area contributed by atoms with Gasteiger partial charge in [-0.2, -0.15) is 0 Å². The van der Waals surface area contributed by atoms with E-state index >= 15 is 0 Å². The van der Waals surface area contributed by atoms with Gasteiger partial charge in [0, 0.05) is 12.3 Å². The van der Waals surface area contributed by atoms with E-state index in [2.05, 4.69) is 13.8 Å². The van der Waals surface area contributed by atoms with Crippen LogP contribution in [-0.2, 0) is 9.59 Å². The first-order valence-corrected chi connectivity index (χ1v) is 9.71.